The third-order valence-corrected chi connectivity index (χ3v) is 3.35. The van der Waals surface area contributed by atoms with Crippen LogP contribution in [0, 0.1) is 0 Å². The molecule has 0 saturated heterocycles. The summed E-state index contributed by atoms with van der Waals surface area (Å²) in [5.74, 6) is 1.54. The molecular formula is C15H18N4O. The Bertz CT molecular complexity index is 749. The normalized spacial score (nSPS) is 12.0. The predicted octanol–water partition coefficient (Wildman–Crippen LogP) is 3.03. The highest BCUT2D eigenvalue weighted by atomic mass is 16.5. The van der Waals surface area contributed by atoms with Crippen LogP contribution in [0.3, 0.4) is 0 Å². The number of aromatic nitrogens is 4. The maximum Gasteiger partial charge on any atom is 0.187 e. The Labute approximate surface area is 117 Å². The van der Waals surface area contributed by atoms with E-state index in [0.29, 0.717) is 0 Å². The van der Waals surface area contributed by atoms with Gasteiger partial charge in [-0.3, -0.25) is 5.10 Å². The molecule has 0 aliphatic rings. The molecule has 0 amide bonds. The summed E-state index contributed by atoms with van der Waals surface area (Å²) in [5.41, 5.74) is 2.90. The molecular weight excluding hydrogens is 252 g/mol. The molecule has 5 heteroatoms. The van der Waals surface area contributed by atoms with Crippen molar-refractivity contribution in [1.82, 2.24) is 19.8 Å². The molecule has 0 unspecified atom stereocenters. The van der Waals surface area contributed by atoms with Gasteiger partial charge in [-0.15, -0.1) is 10.2 Å². The van der Waals surface area contributed by atoms with Crippen LogP contribution in [0.2, 0.25) is 0 Å². The standard InChI is InChI=1S/C15H18N4O/c1-15(2,3)12-9-13-16-17-14(19(13)18-12)10-7-5-6-8-11(10)20-4/h5-9,18H,1-4H3. The van der Waals surface area contributed by atoms with Crippen LogP contribution >= 0.6 is 0 Å². The molecule has 2 heterocycles. The van der Waals surface area contributed by atoms with Gasteiger partial charge in [0.2, 0.25) is 0 Å². The van der Waals surface area contributed by atoms with Gasteiger partial charge in [0.1, 0.15) is 5.75 Å². The van der Waals surface area contributed by atoms with E-state index < -0.39 is 0 Å². The third kappa shape index (κ3) is 1.95. The molecule has 20 heavy (non-hydrogen) atoms. The summed E-state index contributed by atoms with van der Waals surface area (Å²) < 4.78 is 7.30. The minimum absolute atomic E-state index is 0.0404. The molecule has 3 aromatic rings. The molecule has 104 valence electrons. The highest BCUT2D eigenvalue weighted by Crippen LogP contribution is 2.29. The first-order valence-corrected chi connectivity index (χ1v) is 6.59. The average Bonchev–Trinajstić information content (AvgIpc) is 2.97. The van der Waals surface area contributed by atoms with Crippen molar-refractivity contribution in [3.8, 4) is 17.1 Å². The number of hydrogen-bond donors (Lipinski definition) is 1. The van der Waals surface area contributed by atoms with Gasteiger partial charge in [-0.1, -0.05) is 32.9 Å². The number of para-hydroxylation sites is 1. The van der Waals surface area contributed by atoms with E-state index in [9.17, 15) is 0 Å². The summed E-state index contributed by atoms with van der Waals surface area (Å²) in [6.45, 7) is 6.48. The predicted molar refractivity (Wildman–Crippen MR) is 78.0 cm³/mol. The summed E-state index contributed by atoms with van der Waals surface area (Å²) >= 11 is 0. The van der Waals surface area contributed by atoms with E-state index in [-0.39, 0.29) is 5.41 Å². The monoisotopic (exact) mass is 270 g/mol. The number of H-pyrrole nitrogens is 1. The Morgan fingerprint density at radius 2 is 1.90 bits per heavy atom. The fourth-order valence-electron chi connectivity index (χ4n) is 2.17. The number of nitrogens with zero attached hydrogens (tertiary/aromatic N) is 3. The van der Waals surface area contributed by atoms with Crippen LogP contribution in [-0.4, -0.2) is 26.9 Å². The van der Waals surface area contributed by atoms with Gasteiger partial charge in [-0.25, -0.2) is 4.52 Å². The number of benzene rings is 1. The summed E-state index contributed by atoms with van der Waals surface area (Å²) in [4.78, 5) is 0. The van der Waals surface area contributed by atoms with E-state index >= 15 is 0 Å². The smallest absolute Gasteiger partial charge is 0.187 e. The van der Waals surface area contributed by atoms with Gasteiger partial charge in [0, 0.05) is 17.2 Å². The minimum atomic E-state index is 0.0404. The number of nitrogens with one attached hydrogen (secondary N) is 1. The molecule has 0 spiro atoms. The van der Waals surface area contributed by atoms with Gasteiger partial charge in [0.25, 0.3) is 0 Å². The summed E-state index contributed by atoms with van der Waals surface area (Å²) in [6, 6.07) is 9.84. The Hall–Kier alpha value is -2.30. The lowest BCUT2D eigenvalue weighted by Gasteiger charge is -2.15. The van der Waals surface area contributed by atoms with Crippen molar-refractivity contribution in [2.24, 2.45) is 0 Å². The first-order valence-electron chi connectivity index (χ1n) is 6.59. The average molecular weight is 270 g/mol. The van der Waals surface area contributed by atoms with Crippen molar-refractivity contribution in [2.45, 2.75) is 26.2 Å². The number of rotatable bonds is 2. The van der Waals surface area contributed by atoms with Crippen molar-refractivity contribution >= 4 is 5.65 Å². The molecule has 2 aromatic heterocycles. The van der Waals surface area contributed by atoms with Crippen LogP contribution in [-0.2, 0) is 5.41 Å². The topological polar surface area (TPSA) is 55.2 Å². The van der Waals surface area contributed by atoms with Crippen LogP contribution in [0.1, 0.15) is 26.5 Å². The van der Waals surface area contributed by atoms with Gasteiger partial charge in [0.05, 0.1) is 12.7 Å². The van der Waals surface area contributed by atoms with Crippen molar-refractivity contribution in [2.75, 3.05) is 7.11 Å². The van der Waals surface area contributed by atoms with Gasteiger partial charge >= 0.3 is 0 Å². The lowest BCUT2D eigenvalue weighted by Crippen LogP contribution is -2.12. The van der Waals surface area contributed by atoms with E-state index in [1.165, 1.54) is 0 Å². The van der Waals surface area contributed by atoms with Crippen molar-refractivity contribution < 1.29 is 4.74 Å². The van der Waals surface area contributed by atoms with Gasteiger partial charge < -0.3 is 4.74 Å². The minimum Gasteiger partial charge on any atom is -0.496 e. The van der Waals surface area contributed by atoms with Crippen LogP contribution in [0.4, 0.5) is 0 Å². The number of ether oxygens (including phenoxy) is 1. The van der Waals surface area contributed by atoms with E-state index in [1.54, 1.807) is 7.11 Å². The molecule has 0 atom stereocenters. The fraction of sp³-hybridized carbons (Fsp3) is 0.333. The number of hydrogen-bond acceptors (Lipinski definition) is 3. The van der Waals surface area contributed by atoms with Crippen LogP contribution in [0.25, 0.3) is 17.0 Å². The second-order valence-corrected chi connectivity index (χ2v) is 5.84. The summed E-state index contributed by atoms with van der Waals surface area (Å²) in [7, 11) is 1.66. The zero-order valence-corrected chi connectivity index (χ0v) is 12.1. The maximum atomic E-state index is 5.40. The second-order valence-electron chi connectivity index (χ2n) is 5.84. The van der Waals surface area contributed by atoms with Gasteiger partial charge in [-0.05, 0) is 12.1 Å². The molecule has 5 nitrogen and oxygen atoms in total. The van der Waals surface area contributed by atoms with Crippen LogP contribution in [0.15, 0.2) is 30.3 Å². The number of aromatic amines is 1. The van der Waals surface area contributed by atoms with Crippen LogP contribution in [0.5, 0.6) is 5.75 Å². The molecule has 0 aliphatic carbocycles. The molecule has 0 bridgehead atoms. The Morgan fingerprint density at radius 3 is 2.60 bits per heavy atom. The first kappa shape index (κ1) is 12.7. The SMILES string of the molecule is COc1ccccc1-c1nnc2cc(C(C)(C)C)[nH]n12. The van der Waals surface area contributed by atoms with E-state index in [4.69, 9.17) is 4.74 Å². The summed E-state index contributed by atoms with van der Waals surface area (Å²) in [6.07, 6.45) is 0. The van der Waals surface area contributed by atoms with Gasteiger partial charge in [0.15, 0.2) is 11.5 Å². The zero-order chi connectivity index (χ0) is 14.3. The Kier molecular flexibility index (Phi) is 2.78. The third-order valence-electron chi connectivity index (χ3n) is 3.35. The van der Waals surface area contributed by atoms with Crippen LogP contribution < -0.4 is 4.74 Å². The Morgan fingerprint density at radius 1 is 1.15 bits per heavy atom. The molecule has 1 N–H and O–H groups in total. The largest absolute Gasteiger partial charge is 0.496 e. The molecule has 0 radical (unpaired) electrons. The zero-order valence-electron chi connectivity index (χ0n) is 12.1. The Balaban J connectivity index is 2.19. The van der Waals surface area contributed by atoms with Crippen molar-refractivity contribution in [3.63, 3.8) is 0 Å². The van der Waals surface area contributed by atoms with E-state index in [1.807, 2.05) is 34.8 Å². The molecule has 1 aromatic carbocycles. The van der Waals surface area contributed by atoms with Gasteiger partial charge in [-0.2, -0.15) is 0 Å². The van der Waals surface area contributed by atoms with E-state index in [2.05, 4.69) is 36.1 Å². The summed E-state index contributed by atoms with van der Waals surface area (Å²) in [5, 5.41) is 11.9. The molecule has 3 rings (SSSR count). The van der Waals surface area contributed by atoms with Crippen molar-refractivity contribution in [3.05, 3.63) is 36.0 Å². The van der Waals surface area contributed by atoms with E-state index in [0.717, 1.165) is 28.5 Å². The lowest BCUT2D eigenvalue weighted by atomic mass is 9.93. The lowest BCUT2D eigenvalue weighted by molar-refractivity contribution is 0.416. The highest BCUT2D eigenvalue weighted by molar-refractivity contribution is 5.66. The molecule has 0 aliphatic heterocycles. The number of methoxy groups -OCH3 is 1. The molecule has 0 fully saturated rings. The quantitative estimate of drug-likeness (QED) is 0.778. The van der Waals surface area contributed by atoms with Crippen molar-refractivity contribution in [1.29, 1.82) is 0 Å². The second kappa shape index (κ2) is 4.37. The number of fused-ring (bicyclic) bond motifs is 1. The highest BCUT2D eigenvalue weighted by Gasteiger charge is 2.20. The first-order chi connectivity index (χ1) is 9.50. The molecule has 0 saturated carbocycles. The fourth-order valence-corrected chi connectivity index (χ4v) is 2.17. The maximum absolute atomic E-state index is 5.40.